The lowest BCUT2D eigenvalue weighted by Crippen LogP contribution is -1.99. The van der Waals surface area contributed by atoms with E-state index in [1.54, 1.807) is 17.4 Å². The van der Waals surface area contributed by atoms with Crippen LogP contribution in [0.2, 0.25) is 0 Å². The topological polar surface area (TPSA) is 59.1 Å². The van der Waals surface area contributed by atoms with E-state index in [0.29, 0.717) is 12.0 Å². The van der Waals surface area contributed by atoms with Crippen molar-refractivity contribution < 1.29 is 5.11 Å². The zero-order valence-corrected chi connectivity index (χ0v) is 9.45. The van der Waals surface area contributed by atoms with Crippen molar-refractivity contribution >= 4 is 11.3 Å². The molecule has 3 rings (SSSR count). The first kappa shape index (κ1) is 9.81. The highest BCUT2D eigenvalue weighted by molar-refractivity contribution is 7.15. The minimum Gasteiger partial charge on any atom is -0.507 e. The average Bonchev–Trinajstić information content (AvgIpc) is 2.82. The third-order valence-corrected chi connectivity index (χ3v) is 4.03. The van der Waals surface area contributed by atoms with E-state index in [9.17, 15) is 5.11 Å². The van der Waals surface area contributed by atoms with E-state index in [-0.39, 0.29) is 5.75 Å². The lowest BCUT2D eigenvalue weighted by Gasteiger charge is -1.98. The standard InChI is InChI=1S/C12H12N2OS/c13-9-5-8(9)11-6-14-12(16-11)7-3-1-2-4-10(7)15/h1-4,6,8-9,15H,5,13H2/t8-,9-/m1/s1. The highest BCUT2D eigenvalue weighted by Crippen LogP contribution is 2.44. The van der Waals surface area contributed by atoms with Crippen LogP contribution >= 0.6 is 11.3 Å². The number of hydrogen-bond donors (Lipinski definition) is 2. The van der Waals surface area contributed by atoms with Gasteiger partial charge in [-0.05, 0) is 18.6 Å². The van der Waals surface area contributed by atoms with E-state index in [0.717, 1.165) is 17.0 Å². The van der Waals surface area contributed by atoms with Gasteiger partial charge in [-0.2, -0.15) is 0 Å². The van der Waals surface area contributed by atoms with Crippen LogP contribution in [0.25, 0.3) is 10.6 Å². The van der Waals surface area contributed by atoms with E-state index < -0.39 is 0 Å². The first-order valence-electron chi connectivity index (χ1n) is 5.25. The van der Waals surface area contributed by atoms with Gasteiger partial charge < -0.3 is 10.8 Å². The van der Waals surface area contributed by atoms with Gasteiger partial charge >= 0.3 is 0 Å². The number of hydrogen-bond acceptors (Lipinski definition) is 4. The van der Waals surface area contributed by atoms with Crippen molar-refractivity contribution in [1.29, 1.82) is 0 Å². The fourth-order valence-corrected chi connectivity index (χ4v) is 2.92. The molecule has 82 valence electrons. The van der Waals surface area contributed by atoms with Gasteiger partial charge in [-0.15, -0.1) is 11.3 Å². The SMILES string of the molecule is N[C@@H]1C[C@H]1c1cnc(-c2ccccc2O)s1. The lowest BCUT2D eigenvalue weighted by molar-refractivity contribution is 0.477. The van der Waals surface area contributed by atoms with Gasteiger partial charge in [-0.25, -0.2) is 4.98 Å². The summed E-state index contributed by atoms with van der Waals surface area (Å²) in [7, 11) is 0. The number of phenols is 1. The molecule has 0 spiro atoms. The number of nitrogens with zero attached hydrogens (tertiary/aromatic N) is 1. The molecule has 1 aliphatic rings. The van der Waals surface area contributed by atoms with Crippen molar-refractivity contribution in [2.75, 3.05) is 0 Å². The molecule has 2 atom stereocenters. The maximum atomic E-state index is 9.72. The van der Waals surface area contributed by atoms with Crippen molar-refractivity contribution in [1.82, 2.24) is 4.98 Å². The predicted octanol–water partition coefficient (Wildman–Crippen LogP) is 2.33. The summed E-state index contributed by atoms with van der Waals surface area (Å²) in [6.45, 7) is 0. The van der Waals surface area contributed by atoms with E-state index in [4.69, 9.17) is 5.73 Å². The number of phenolic OH excluding ortho intramolecular Hbond substituents is 1. The molecule has 16 heavy (non-hydrogen) atoms. The van der Waals surface area contributed by atoms with Crippen molar-refractivity contribution in [3.63, 3.8) is 0 Å². The second-order valence-corrected chi connectivity index (χ2v) is 5.15. The maximum absolute atomic E-state index is 9.72. The van der Waals surface area contributed by atoms with Gasteiger partial charge in [0, 0.05) is 23.0 Å². The van der Waals surface area contributed by atoms with Gasteiger partial charge in [0.05, 0.1) is 5.56 Å². The molecule has 3 nitrogen and oxygen atoms in total. The van der Waals surface area contributed by atoms with Crippen molar-refractivity contribution in [2.24, 2.45) is 5.73 Å². The van der Waals surface area contributed by atoms with E-state index in [1.165, 1.54) is 4.88 Å². The van der Waals surface area contributed by atoms with Crippen LogP contribution < -0.4 is 5.73 Å². The second kappa shape index (κ2) is 3.57. The monoisotopic (exact) mass is 232 g/mol. The molecule has 1 saturated carbocycles. The number of aromatic hydroxyl groups is 1. The quantitative estimate of drug-likeness (QED) is 0.835. The highest BCUT2D eigenvalue weighted by atomic mass is 32.1. The van der Waals surface area contributed by atoms with Crippen LogP contribution in [0, 0.1) is 0 Å². The molecule has 0 unspecified atom stereocenters. The van der Waals surface area contributed by atoms with Gasteiger partial charge in [0.15, 0.2) is 0 Å². The Kier molecular flexibility index (Phi) is 2.19. The van der Waals surface area contributed by atoms with E-state index in [1.807, 2.05) is 24.4 Å². The Hall–Kier alpha value is -1.39. The molecule has 0 aliphatic heterocycles. The largest absolute Gasteiger partial charge is 0.507 e. The van der Waals surface area contributed by atoms with Gasteiger partial charge in [0.25, 0.3) is 0 Å². The van der Waals surface area contributed by atoms with Crippen LogP contribution in [-0.2, 0) is 0 Å². The summed E-state index contributed by atoms with van der Waals surface area (Å²) in [5.74, 6) is 0.764. The second-order valence-electron chi connectivity index (χ2n) is 4.09. The van der Waals surface area contributed by atoms with Gasteiger partial charge in [-0.3, -0.25) is 0 Å². The Balaban J connectivity index is 1.95. The molecule has 1 aromatic heterocycles. The van der Waals surface area contributed by atoms with Gasteiger partial charge in [0.1, 0.15) is 10.8 Å². The highest BCUT2D eigenvalue weighted by Gasteiger charge is 2.36. The summed E-state index contributed by atoms with van der Waals surface area (Å²) >= 11 is 1.62. The predicted molar refractivity (Wildman–Crippen MR) is 64.5 cm³/mol. The first-order valence-corrected chi connectivity index (χ1v) is 6.07. The molecular weight excluding hydrogens is 220 g/mol. The Morgan fingerprint density at radius 1 is 1.38 bits per heavy atom. The molecule has 1 fully saturated rings. The molecule has 1 aromatic carbocycles. The summed E-state index contributed by atoms with van der Waals surface area (Å²) < 4.78 is 0. The average molecular weight is 232 g/mol. The van der Waals surface area contributed by atoms with Crippen LogP contribution in [0.3, 0.4) is 0 Å². The van der Waals surface area contributed by atoms with Crippen LogP contribution in [0.4, 0.5) is 0 Å². The third-order valence-electron chi connectivity index (χ3n) is 2.86. The molecule has 0 amide bonds. The third kappa shape index (κ3) is 1.60. The molecule has 3 N–H and O–H groups in total. The Labute approximate surface area is 97.6 Å². The molecule has 0 radical (unpaired) electrons. The van der Waals surface area contributed by atoms with Crippen LogP contribution in [-0.4, -0.2) is 16.1 Å². The molecule has 0 bridgehead atoms. The van der Waals surface area contributed by atoms with Crippen molar-refractivity contribution in [3.05, 3.63) is 35.3 Å². The van der Waals surface area contributed by atoms with Gasteiger partial charge in [0.2, 0.25) is 0 Å². The molecule has 1 aliphatic carbocycles. The Morgan fingerprint density at radius 2 is 2.12 bits per heavy atom. The van der Waals surface area contributed by atoms with Crippen LogP contribution in [0.1, 0.15) is 17.2 Å². The number of rotatable bonds is 2. The number of aromatic nitrogens is 1. The van der Waals surface area contributed by atoms with Gasteiger partial charge in [-0.1, -0.05) is 12.1 Å². The molecular formula is C12H12N2OS. The first-order chi connectivity index (χ1) is 7.75. The maximum Gasteiger partial charge on any atom is 0.127 e. The summed E-state index contributed by atoms with van der Waals surface area (Å²) in [4.78, 5) is 5.57. The smallest absolute Gasteiger partial charge is 0.127 e. The Morgan fingerprint density at radius 3 is 2.81 bits per heavy atom. The van der Waals surface area contributed by atoms with Crippen molar-refractivity contribution in [2.45, 2.75) is 18.4 Å². The van der Waals surface area contributed by atoms with Crippen molar-refractivity contribution in [3.8, 4) is 16.3 Å². The molecule has 2 aromatic rings. The summed E-state index contributed by atoms with van der Waals surface area (Å²) in [6.07, 6.45) is 2.94. The summed E-state index contributed by atoms with van der Waals surface area (Å²) in [6, 6.07) is 7.57. The van der Waals surface area contributed by atoms with Crippen LogP contribution in [0.5, 0.6) is 5.75 Å². The number of benzene rings is 1. The molecule has 4 heteroatoms. The minimum atomic E-state index is 0.281. The fraction of sp³-hybridized carbons (Fsp3) is 0.250. The van der Waals surface area contributed by atoms with E-state index >= 15 is 0 Å². The molecule has 0 saturated heterocycles. The van der Waals surface area contributed by atoms with Crippen LogP contribution in [0.15, 0.2) is 30.5 Å². The summed E-state index contributed by atoms with van der Waals surface area (Å²) in [5.41, 5.74) is 6.60. The zero-order valence-electron chi connectivity index (χ0n) is 8.63. The fourth-order valence-electron chi connectivity index (χ4n) is 1.78. The lowest BCUT2D eigenvalue weighted by atomic mass is 10.2. The van der Waals surface area contributed by atoms with E-state index in [2.05, 4.69) is 4.98 Å². The number of thiazole rings is 1. The molecule has 1 heterocycles. The summed E-state index contributed by atoms with van der Waals surface area (Å²) in [5, 5.41) is 10.6. The normalized spacial score (nSPS) is 23.3. The minimum absolute atomic E-state index is 0.281. The zero-order chi connectivity index (χ0) is 11.1. The number of nitrogens with two attached hydrogens (primary N) is 1. The number of para-hydroxylation sites is 1. The Bertz CT molecular complexity index is 523.